The average molecular weight is 235 g/mol. The predicted molar refractivity (Wildman–Crippen MR) is 65.2 cm³/mol. The second-order valence-electron chi connectivity index (χ2n) is 5.13. The second-order valence-corrected chi connectivity index (χ2v) is 5.13. The van der Waals surface area contributed by atoms with Crippen LogP contribution in [0.1, 0.15) is 32.2 Å². The maximum atomic E-state index is 11.9. The highest BCUT2D eigenvalue weighted by Gasteiger charge is 2.16. The minimum Gasteiger partial charge on any atom is -0.377 e. The van der Waals surface area contributed by atoms with Crippen LogP contribution in [-0.2, 0) is 16.8 Å². The highest BCUT2D eigenvalue weighted by Crippen LogP contribution is 2.21. The van der Waals surface area contributed by atoms with E-state index in [1.807, 2.05) is 6.07 Å². The number of pyridine rings is 1. The van der Waals surface area contributed by atoms with E-state index in [2.05, 4.69) is 30.9 Å². The van der Waals surface area contributed by atoms with Gasteiger partial charge in [0.25, 0.3) is 5.56 Å². The summed E-state index contributed by atoms with van der Waals surface area (Å²) in [6, 6.07) is 3.57. The Morgan fingerprint density at radius 2 is 2.12 bits per heavy atom. The number of methoxy groups -OCH3 is 1. The van der Waals surface area contributed by atoms with Gasteiger partial charge in [-0.15, -0.1) is 0 Å². The molecule has 0 saturated heterocycles. The lowest BCUT2D eigenvalue weighted by molar-refractivity contribution is 0.178. The number of aromatic amines is 1. The van der Waals surface area contributed by atoms with Crippen molar-refractivity contribution in [2.75, 3.05) is 7.11 Å². The molecule has 2 heterocycles. The lowest BCUT2D eigenvalue weighted by Gasteiger charge is -2.18. The van der Waals surface area contributed by atoms with Gasteiger partial charge in [0.05, 0.1) is 0 Å². The van der Waals surface area contributed by atoms with Gasteiger partial charge in [-0.1, -0.05) is 20.8 Å². The molecule has 0 amide bonds. The van der Waals surface area contributed by atoms with Crippen LogP contribution in [0.5, 0.6) is 0 Å². The summed E-state index contributed by atoms with van der Waals surface area (Å²) in [6.07, 6.45) is 0. The molecule has 0 bridgehead atoms. The molecule has 0 aromatic carbocycles. The number of hydrogen-bond acceptors (Lipinski definition) is 3. The van der Waals surface area contributed by atoms with Crippen molar-refractivity contribution in [1.82, 2.24) is 14.6 Å². The third kappa shape index (κ3) is 2.24. The molecule has 0 spiro atoms. The molecule has 0 fully saturated rings. The molecule has 0 atom stereocenters. The van der Waals surface area contributed by atoms with Crippen molar-refractivity contribution >= 4 is 5.65 Å². The second kappa shape index (κ2) is 4.00. The van der Waals surface area contributed by atoms with E-state index in [9.17, 15) is 4.79 Å². The third-order valence-corrected chi connectivity index (χ3v) is 2.65. The Hall–Kier alpha value is -1.62. The van der Waals surface area contributed by atoms with Gasteiger partial charge in [-0.05, 0) is 17.0 Å². The van der Waals surface area contributed by atoms with Crippen molar-refractivity contribution in [1.29, 1.82) is 0 Å². The van der Waals surface area contributed by atoms with E-state index in [0.29, 0.717) is 18.1 Å². The first-order valence-corrected chi connectivity index (χ1v) is 5.53. The molecule has 5 nitrogen and oxygen atoms in total. The van der Waals surface area contributed by atoms with Gasteiger partial charge in [-0.2, -0.15) is 0 Å². The van der Waals surface area contributed by atoms with E-state index in [1.165, 1.54) is 4.52 Å². The van der Waals surface area contributed by atoms with Crippen LogP contribution in [0.15, 0.2) is 16.9 Å². The average Bonchev–Trinajstić information content (AvgIpc) is 2.60. The largest absolute Gasteiger partial charge is 0.377 e. The van der Waals surface area contributed by atoms with Crippen LogP contribution >= 0.6 is 0 Å². The maximum Gasteiger partial charge on any atom is 0.271 e. The Labute approximate surface area is 99.4 Å². The fraction of sp³-hybridized carbons (Fsp3) is 0.500. The summed E-state index contributed by atoms with van der Waals surface area (Å²) in [7, 11) is 1.59. The number of rotatable bonds is 2. The summed E-state index contributed by atoms with van der Waals surface area (Å²) in [5.41, 5.74) is 1.46. The molecule has 0 aliphatic rings. The van der Waals surface area contributed by atoms with Crippen molar-refractivity contribution in [3.8, 4) is 0 Å². The number of nitrogens with zero attached hydrogens (tertiary/aromatic N) is 2. The van der Waals surface area contributed by atoms with Gasteiger partial charge >= 0.3 is 0 Å². The topological polar surface area (TPSA) is 59.4 Å². The summed E-state index contributed by atoms with van der Waals surface area (Å²) in [6.45, 7) is 6.58. The fourth-order valence-electron chi connectivity index (χ4n) is 1.68. The molecular weight excluding hydrogens is 218 g/mol. The number of aromatic nitrogens is 3. The van der Waals surface area contributed by atoms with Crippen LogP contribution in [0.2, 0.25) is 0 Å². The first kappa shape index (κ1) is 11.9. The quantitative estimate of drug-likeness (QED) is 0.857. The fourth-order valence-corrected chi connectivity index (χ4v) is 1.68. The van der Waals surface area contributed by atoms with E-state index in [-0.39, 0.29) is 11.0 Å². The molecule has 2 aromatic rings. The molecule has 5 heteroatoms. The van der Waals surface area contributed by atoms with Gasteiger partial charge in [0, 0.05) is 13.2 Å². The van der Waals surface area contributed by atoms with Crippen molar-refractivity contribution in [3.63, 3.8) is 0 Å². The SMILES string of the molecule is COCc1nc2cc(C(C)(C)C)cc(=O)n2[nH]1. The molecule has 0 saturated carbocycles. The zero-order valence-corrected chi connectivity index (χ0v) is 10.6. The molecule has 17 heavy (non-hydrogen) atoms. The number of ether oxygens (including phenoxy) is 1. The standard InChI is InChI=1S/C12H17N3O2/c1-12(2,3)8-5-10-13-9(7-17-4)14-15(10)11(16)6-8/h5-6H,7H2,1-4H3,(H,13,14). The summed E-state index contributed by atoms with van der Waals surface area (Å²) in [5, 5.41) is 2.91. The summed E-state index contributed by atoms with van der Waals surface area (Å²) < 4.78 is 6.42. The molecule has 2 rings (SSSR count). The number of H-pyrrole nitrogens is 1. The monoisotopic (exact) mass is 235 g/mol. The van der Waals surface area contributed by atoms with E-state index in [0.717, 1.165) is 5.56 Å². The predicted octanol–water partition coefficient (Wildman–Crippen LogP) is 1.47. The third-order valence-electron chi connectivity index (χ3n) is 2.65. The molecule has 1 N–H and O–H groups in total. The zero-order chi connectivity index (χ0) is 12.6. The lowest BCUT2D eigenvalue weighted by Crippen LogP contribution is -2.19. The summed E-state index contributed by atoms with van der Waals surface area (Å²) >= 11 is 0. The van der Waals surface area contributed by atoms with Crippen molar-refractivity contribution in [3.05, 3.63) is 33.9 Å². The van der Waals surface area contributed by atoms with Gasteiger partial charge in [0.15, 0.2) is 5.65 Å². The minimum atomic E-state index is -0.0951. The normalized spacial score (nSPS) is 12.2. The van der Waals surface area contributed by atoms with Crippen molar-refractivity contribution in [2.24, 2.45) is 0 Å². The number of hydrogen-bond donors (Lipinski definition) is 1. The van der Waals surface area contributed by atoms with E-state index >= 15 is 0 Å². The van der Waals surface area contributed by atoms with Crippen LogP contribution in [0.3, 0.4) is 0 Å². The highest BCUT2D eigenvalue weighted by molar-refractivity contribution is 5.42. The highest BCUT2D eigenvalue weighted by atomic mass is 16.5. The van der Waals surface area contributed by atoms with Crippen LogP contribution in [0.25, 0.3) is 5.65 Å². The Bertz CT molecular complexity index is 590. The molecule has 0 aliphatic carbocycles. The Morgan fingerprint density at radius 3 is 2.71 bits per heavy atom. The molecule has 92 valence electrons. The molecule has 2 aromatic heterocycles. The van der Waals surface area contributed by atoms with Crippen molar-refractivity contribution < 1.29 is 4.74 Å². The Balaban J connectivity index is 2.61. The Kier molecular flexibility index (Phi) is 2.79. The Morgan fingerprint density at radius 1 is 1.41 bits per heavy atom. The summed E-state index contributed by atoms with van der Waals surface area (Å²) in [5.74, 6) is 0.649. The van der Waals surface area contributed by atoms with Crippen LogP contribution in [-0.4, -0.2) is 21.7 Å². The van der Waals surface area contributed by atoms with Crippen LogP contribution in [0.4, 0.5) is 0 Å². The van der Waals surface area contributed by atoms with Crippen LogP contribution in [0, 0.1) is 0 Å². The van der Waals surface area contributed by atoms with Gasteiger partial charge < -0.3 is 4.74 Å². The van der Waals surface area contributed by atoms with E-state index < -0.39 is 0 Å². The first-order chi connectivity index (χ1) is 7.91. The smallest absolute Gasteiger partial charge is 0.271 e. The minimum absolute atomic E-state index is 0.0612. The van der Waals surface area contributed by atoms with Gasteiger partial charge in [-0.3, -0.25) is 9.89 Å². The van der Waals surface area contributed by atoms with E-state index in [1.54, 1.807) is 13.2 Å². The lowest BCUT2D eigenvalue weighted by atomic mass is 9.88. The van der Waals surface area contributed by atoms with Crippen LogP contribution < -0.4 is 5.56 Å². The number of fused-ring (bicyclic) bond motifs is 1. The summed E-state index contributed by atoms with van der Waals surface area (Å²) in [4.78, 5) is 16.2. The van der Waals surface area contributed by atoms with Crippen molar-refractivity contribution in [2.45, 2.75) is 32.8 Å². The first-order valence-electron chi connectivity index (χ1n) is 5.53. The maximum absolute atomic E-state index is 11.9. The number of nitrogens with one attached hydrogen (secondary N) is 1. The van der Waals surface area contributed by atoms with Gasteiger partial charge in [0.2, 0.25) is 0 Å². The van der Waals surface area contributed by atoms with Gasteiger partial charge in [0.1, 0.15) is 12.4 Å². The van der Waals surface area contributed by atoms with Gasteiger partial charge in [-0.25, -0.2) is 9.50 Å². The van der Waals surface area contributed by atoms with E-state index in [4.69, 9.17) is 4.74 Å². The molecular formula is C12H17N3O2. The zero-order valence-electron chi connectivity index (χ0n) is 10.6. The molecule has 0 unspecified atom stereocenters. The molecule has 0 aliphatic heterocycles. The molecule has 0 radical (unpaired) electrons.